The number of anilines is 12. The molecule has 0 radical (unpaired) electrons. The van der Waals surface area contributed by atoms with Crippen molar-refractivity contribution in [2.45, 2.75) is 115 Å². The van der Waals surface area contributed by atoms with Gasteiger partial charge in [-0.3, -0.25) is 0 Å². The Morgan fingerprint density at radius 3 is 0.426 bits per heavy atom. The SMILES string of the molecule is CCSc1nc(NCCCNc2nc(SCC)nc(SCC)n2)nc(NCCNc2nc(NCCNc3nc(NCCNc4nc(SCC)nc(SCC)n4)nc(SCC)n3)nc(NCCNc3nc(NCCNc4nc(SCC)nc(SCC)n4)nc(SCC)n3)n2)n1. The van der Waals surface area contributed by atoms with Crippen LogP contribution in [0.1, 0.15) is 68.7 Å². The summed E-state index contributed by atoms with van der Waals surface area (Å²) in [4.78, 5) is 97.3. The number of rotatable bonds is 49. The molecule has 42 heteroatoms. The van der Waals surface area contributed by atoms with Crippen LogP contribution in [0.4, 0.5) is 71.4 Å². The van der Waals surface area contributed by atoms with Gasteiger partial charge in [-0.05, 0) is 58.2 Å². The zero-order chi connectivity index (χ0) is 66.4. The fourth-order valence-corrected chi connectivity index (χ4v) is 12.6. The second-order valence-corrected chi connectivity index (χ2v) is 29.2. The lowest BCUT2D eigenvalue weighted by molar-refractivity contribution is 0.790. The van der Waals surface area contributed by atoms with Gasteiger partial charge in [0, 0.05) is 78.5 Å². The molecule has 0 saturated heterocycles. The lowest BCUT2D eigenvalue weighted by atomic mass is 10.4. The third kappa shape index (κ3) is 28.3. The van der Waals surface area contributed by atoms with Gasteiger partial charge >= 0.3 is 0 Å². The molecule has 0 fully saturated rings. The second-order valence-electron chi connectivity index (χ2n) is 18.1. The third-order valence-corrected chi connectivity index (χ3v) is 17.7. The van der Waals surface area contributed by atoms with Gasteiger partial charge in [-0.25, -0.2) is 0 Å². The maximum absolute atomic E-state index is 4.74. The molecule has 7 rings (SSSR count). The Hall–Kier alpha value is -6.18. The van der Waals surface area contributed by atoms with Crippen molar-refractivity contribution >= 4 is 177 Å². The summed E-state index contributed by atoms with van der Waals surface area (Å²) in [6.45, 7) is 24.4. The van der Waals surface area contributed by atoms with Crippen molar-refractivity contribution in [1.29, 1.82) is 0 Å². The maximum atomic E-state index is 4.74. The van der Waals surface area contributed by atoms with Crippen LogP contribution in [0, 0.1) is 0 Å². The minimum Gasteiger partial charge on any atom is -0.354 e. The van der Waals surface area contributed by atoms with Crippen molar-refractivity contribution in [3.63, 3.8) is 0 Å². The van der Waals surface area contributed by atoms with E-state index in [-0.39, 0.29) is 0 Å². The Balaban J connectivity index is 0.962. The highest BCUT2D eigenvalue weighted by Gasteiger charge is 2.15. The molecule has 0 amide bonds. The molecule has 33 nitrogen and oxygen atoms in total. The maximum Gasteiger partial charge on any atom is 0.229 e. The first-order valence-electron chi connectivity index (χ1n) is 30.9. The van der Waals surface area contributed by atoms with Gasteiger partial charge < -0.3 is 63.8 Å². The molecule has 7 aromatic heterocycles. The van der Waals surface area contributed by atoms with Crippen LogP contribution >= 0.6 is 106 Å². The summed E-state index contributed by atoms with van der Waals surface area (Å²) in [6.07, 6.45) is 0.763. The van der Waals surface area contributed by atoms with Crippen LogP contribution in [0.25, 0.3) is 0 Å². The Bertz CT molecular complexity index is 3130. The van der Waals surface area contributed by atoms with E-state index >= 15 is 0 Å². The molecular formula is C52H83N33S9. The smallest absolute Gasteiger partial charge is 0.229 e. The minimum absolute atomic E-state index is 0.341. The molecule has 7 heterocycles. The number of hydrogen-bond donors (Lipinski definition) is 12. The van der Waals surface area contributed by atoms with Gasteiger partial charge in [0.25, 0.3) is 0 Å². The lowest BCUT2D eigenvalue weighted by Gasteiger charge is -2.13. The molecule has 510 valence electrons. The molecule has 0 aliphatic carbocycles. The first-order valence-corrected chi connectivity index (χ1v) is 39.8. The zero-order valence-corrected chi connectivity index (χ0v) is 61.5. The van der Waals surface area contributed by atoms with Gasteiger partial charge in [-0.15, -0.1) is 0 Å². The van der Waals surface area contributed by atoms with E-state index in [0.29, 0.717) is 186 Å². The highest BCUT2D eigenvalue weighted by atomic mass is 32.2. The fraction of sp³-hybridized carbons (Fsp3) is 0.596. The van der Waals surface area contributed by atoms with Crippen LogP contribution in [0.3, 0.4) is 0 Å². The molecule has 0 unspecified atom stereocenters. The van der Waals surface area contributed by atoms with Gasteiger partial charge in [-0.1, -0.05) is 168 Å². The van der Waals surface area contributed by atoms with Crippen molar-refractivity contribution in [2.75, 3.05) is 194 Å². The first kappa shape index (κ1) is 75.2. The van der Waals surface area contributed by atoms with E-state index in [1.807, 2.05) is 0 Å². The molecule has 94 heavy (non-hydrogen) atoms. The molecule has 12 N–H and O–H groups in total. The van der Waals surface area contributed by atoms with E-state index in [1.165, 1.54) is 35.3 Å². The van der Waals surface area contributed by atoms with Gasteiger partial charge in [0.15, 0.2) is 46.4 Å². The van der Waals surface area contributed by atoms with Crippen LogP contribution < -0.4 is 63.8 Å². The van der Waals surface area contributed by atoms with Crippen LogP contribution in [0.15, 0.2) is 46.4 Å². The predicted octanol–water partition coefficient (Wildman–Crippen LogP) is 8.52. The molecule has 0 spiro atoms. The Morgan fingerprint density at radius 2 is 0.277 bits per heavy atom. The second kappa shape index (κ2) is 43.8. The fourth-order valence-electron chi connectivity index (χ4n) is 7.38. The Morgan fingerprint density at radius 1 is 0.160 bits per heavy atom. The number of nitrogens with zero attached hydrogens (tertiary/aromatic N) is 21. The Kier molecular flexibility index (Phi) is 35.0. The molecule has 7 aromatic rings. The van der Waals surface area contributed by atoms with E-state index in [9.17, 15) is 0 Å². The largest absolute Gasteiger partial charge is 0.354 e. The van der Waals surface area contributed by atoms with E-state index in [2.05, 4.69) is 216 Å². The zero-order valence-electron chi connectivity index (χ0n) is 54.1. The molecule has 0 aromatic carbocycles. The van der Waals surface area contributed by atoms with E-state index < -0.39 is 0 Å². The highest BCUT2D eigenvalue weighted by Crippen LogP contribution is 2.24. The molecule has 0 bridgehead atoms. The molecular weight excluding hydrogens is 1380 g/mol. The van der Waals surface area contributed by atoms with Crippen molar-refractivity contribution in [3.8, 4) is 0 Å². The number of aromatic nitrogens is 21. The monoisotopic (exact) mass is 1460 g/mol. The lowest BCUT2D eigenvalue weighted by Crippen LogP contribution is -2.22. The van der Waals surface area contributed by atoms with Gasteiger partial charge in [0.2, 0.25) is 71.4 Å². The molecule has 0 atom stereocenters. The third-order valence-electron chi connectivity index (χ3n) is 11.1. The van der Waals surface area contributed by atoms with E-state index in [4.69, 9.17) is 15.0 Å². The summed E-state index contributed by atoms with van der Waals surface area (Å²) in [6, 6.07) is 0. The van der Waals surface area contributed by atoms with Gasteiger partial charge in [0.05, 0.1) is 0 Å². The average Bonchev–Trinajstić information content (AvgIpc) is 1.42. The normalized spacial score (nSPS) is 11.1. The van der Waals surface area contributed by atoms with Crippen molar-refractivity contribution in [2.24, 2.45) is 0 Å². The minimum atomic E-state index is 0.341. The average molecular weight is 1460 g/mol. The van der Waals surface area contributed by atoms with Crippen LogP contribution in [-0.2, 0) is 0 Å². The number of hydrogen-bond acceptors (Lipinski definition) is 42. The van der Waals surface area contributed by atoms with E-state index in [0.717, 1.165) is 68.5 Å². The molecule has 0 aliphatic heterocycles. The van der Waals surface area contributed by atoms with Crippen LogP contribution in [0.5, 0.6) is 0 Å². The quantitative estimate of drug-likeness (QED) is 0.0125. The summed E-state index contributed by atoms with van der Waals surface area (Å²) in [5.41, 5.74) is 0. The van der Waals surface area contributed by atoms with Gasteiger partial charge in [0.1, 0.15) is 0 Å². The number of thioether (sulfide) groups is 9. The molecule has 0 aliphatic rings. The topological polar surface area (TPSA) is 415 Å². The number of nitrogens with one attached hydrogen (secondary N) is 12. The van der Waals surface area contributed by atoms with Crippen molar-refractivity contribution in [1.82, 2.24) is 105 Å². The van der Waals surface area contributed by atoms with Crippen molar-refractivity contribution < 1.29 is 0 Å². The first-order chi connectivity index (χ1) is 46.1. The van der Waals surface area contributed by atoms with Crippen LogP contribution in [-0.4, -0.2) is 235 Å². The summed E-state index contributed by atoms with van der Waals surface area (Å²) < 4.78 is 0. The summed E-state index contributed by atoms with van der Waals surface area (Å²) in [5.74, 6) is 12.9. The highest BCUT2D eigenvalue weighted by molar-refractivity contribution is 8.01. The summed E-state index contributed by atoms with van der Waals surface area (Å²) >= 11 is 14.1. The Labute approximate surface area is 586 Å². The van der Waals surface area contributed by atoms with E-state index in [1.54, 1.807) is 70.6 Å². The van der Waals surface area contributed by atoms with Crippen molar-refractivity contribution in [3.05, 3.63) is 0 Å². The van der Waals surface area contributed by atoms with Gasteiger partial charge in [-0.2, -0.15) is 105 Å². The summed E-state index contributed by atoms with van der Waals surface area (Å²) in [5, 5.41) is 46.0. The molecule has 0 saturated carbocycles. The standard InChI is InChI=1S/C52H83N33S9/c1-10-86-44-71-35(53-20-19-21-54-41-77-47(89-13-4)83-48(78-41)90-14-5)68-36(72-44)58-25-22-55-32-65-33(56-23-26-59-37-69-39(75-45(73-37)87-11-2)61-28-30-63-42-79-49(91-15-6)84-50(80-42)92-16-7)67-34(66-32)57-24-27-60-38-70-40(76-46(74-38)88-12-3)62-29-31-64-43-81-51(93-17-8)85-52(82-43)94-18-9/h10-31H2,1-9H3,(H,54,77,78,83)(H,63,79,80,84)(H,64,81,82,85)(H2,53,58,68,71,72)(H2,59,61,69,73,75)(H2,60,62,70,74,76)(H3,55,56,57,65,66,67). The summed E-state index contributed by atoms with van der Waals surface area (Å²) in [7, 11) is 0. The predicted molar refractivity (Wildman–Crippen MR) is 393 cm³/mol. The van der Waals surface area contributed by atoms with Crippen LogP contribution in [0.2, 0.25) is 0 Å².